The number of hydrogen-bond acceptors (Lipinski definition) is 2. The Morgan fingerprint density at radius 3 is 2.68 bits per heavy atom. The molecule has 3 nitrogen and oxygen atoms in total. The molecule has 102 valence electrons. The van der Waals surface area contributed by atoms with Crippen LogP contribution in [0, 0.1) is 0 Å². The van der Waals surface area contributed by atoms with Crippen LogP contribution in [-0.2, 0) is 12.7 Å². The lowest BCUT2D eigenvalue weighted by Crippen LogP contribution is -2.13. The predicted molar refractivity (Wildman–Crippen MR) is 67.2 cm³/mol. The maximum atomic E-state index is 12.3. The maximum Gasteiger partial charge on any atom is 0.435 e. The van der Waals surface area contributed by atoms with Crippen LogP contribution in [0.25, 0.3) is 0 Å². The molecule has 0 bridgehead atoms. The standard InChI is InChI=1S/C12H11ClF3N3/c13-9-2-1-3-10(8-9)17-5-7-19-6-4-11(18-19)12(14,15)16/h1-4,6,8,17H,5,7H2. The van der Waals surface area contributed by atoms with E-state index in [9.17, 15) is 13.2 Å². The number of halogens is 4. The predicted octanol–water partition coefficient (Wildman–Crippen LogP) is 3.67. The highest BCUT2D eigenvalue weighted by Gasteiger charge is 2.33. The fourth-order valence-corrected chi connectivity index (χ4v) is 1.74. The summed E-state index contributed by atoms with van der Waals surface area (Å²) in [5.41, 5.74) is -0.0639. The van der Waals surface area contributed by atoms with Crippen molar-refractivity contribution in [3.8, 4) is 0 Å². The highest BCUT2D eigenvalue weighted by molar-refractivity contribution is 6.30. The van der Waals surface area contributed by atoms with Crippen molar-refractivity contribution in [1.82, 2.24) is 9.78 Å². The van der Waals surface area contributed by atoms with Crippen LogP contribution in [0.15, 0.2) is 36.5 Å². The van der Waals surface area contributed by atoms with Crippen molar-refractivity contribution in [2.45, 2.75) is 12.7 Å². The third-order valence-electron chi connectivity index (χ3n) is 2.43. The SMILES string of the molecule is FC(F)(F)c1ccn(CCNc2cccc(Cl)c2)n1. The van der Waals surface area contributed by atoms with Gasteiger partial charge in [0.1, 0.15) is 0 Å². The molecule has 1 aromatic carbocycles. The van der Waals surface area contributed by atoms with Crippen molar-refractivity contribution >= 4 is 17.3 Å². The highest BCUT2D eigenvalue weighted by Crippen LogP contribution is 2.27. The van der Waals surface area contributed by atoms with Gasteiger partial charge in [0.25, 0.3) is 0 Å². The summed E-state index contributed by atoms with van der Waals surface area (Å²) in [5, 5.41) is 7.11. The number of anilines is 1. The van der Waals surface area contributed by atoms with Crippen LogP contribution in [0.5, 0.6) is 0 Å². The molecule has 0 aliphatic heterocycles. The van der Waals surface area contributed by atoms with Crippen molar-refractivity contribution in [2.24, 2.45) is 0 Å². The van der Waals surface area contributed by atoms with Gasteiger partial charge in [-0.3, -0.25) is 4.68 Å². The van der Waals surface area contributed by atoms with E-state index < -0.39 is 11.9 Å². The number of aromatic nitrogens is 2. The van der Waals surface area contributed by atoms with Gasteiger partial charge in [-0.25, -0.2) is 0 Å². The first kappa shape index (κ1) is 13.7. The molecule has 0 unspecified atom stereocenters. The van der Waals surface area contributed by atoms with Gasteiger partial charge in [-0.1, -0.05) is 17.7 Å². The second-order valence-electron chi connectivity index (χ2n) is 3.90. The number of benzene rings is 1. The molecule has 0 saturated carbocycles. The quantitative estimate of drug-likeness (QED) is 0.931. The topological polar surface area (TPSA) is 29.9 Å². The first-order valence-electron chi connectivity index (χ1n) is 5.55. The molecule has 1 heterocycles. The number of rotatable bonds is 4. The normalized spacial score (nSPS) is 11.6. The summed E-state index contributed by atoms with van der Waals surface area (Å²) in [5.74, 6) is 0. The Balaban J connectivity index is 1.88. The summed E-state index contributed by atoms with van der Waals surface area (Å²) in [6.45, 7) is 0.794. The molecule has 0 radical (unpaired) electrons. The van der Waals surface area contributed by atoms with E-state index in [1.54, 1.807) is 18.2 Å². The van der Waals surface area contributed by atoms with Crippen LogP contribution in [0.1, 0.15) is 5.69 Å². The first-order valence-corrected chi connectivity index (χ1v) is 5.93. The Kier molecular flexibility index (Phi) is 3.99. The van der Waals surface area contributed by atoms with Crippen LogP contribution >= 0.6 is 11.6 Å². The molecule has 1 aromatic heterocycles. The summed E-state index contributed by atoms with van der Waals surface area (Å²) in [4.78, 5) is 0. The minimum absolute atomic E-state index is 0.336. The molecule has 7 heteroatoms. The third-order valence-corrected chi connectivity index (χ3v) is 2.66. The summed E-state index contributed by atoms with van der Waals surface area (Å²) in [6.07, 6.45) is -3.09. The fraction of sp³-hybridized carbons (Fsp3) is 0.250. The van der Waals surface area contributed by atoms with E-state index in [0.29, 0.717) is 18.1 Å². The Morgan fingerprint density at radius 2 is 2.05 bits per heavy atom. The van der Waals surface area contributed by atoms with E-state index in [1.807, 2.05) is 6.07 Å². The number of alkyl halides is 3. The Morgan fingerprint density at radius 1 is 1.26 bits per heavy atom. The van der Waals surface area contributed by atoms with Gasteiger partial charge in [0, 0.05) is 23.5 Å². The smallest absolute Gasteiger partial charge is 0.383 e. The zero-order chi connectivity index (χ0) is 13.9. The third kappa shape index (κ3) is 3.89. The van der Waals surface area contributed by atoms with Crippen molar-refractivity contribution in [3.63, 3.8) is 0 Å². The Hall–Kier alpha value is -1.69. The second-order valence-corrected chi connectivity index (χ2v) is 4.34. The summed E-state index contributed by atoms with van der Waals surface area (Å²) in [7, 11) is 0. The molecule has 1 N–H and O–H groups in total. The molecular weight excluding hydrogens is 279 g/mol. The lowest BCUT2D eigenvalue weighted by Gasteiger charge is -2.07. The molecule has 0 aliphatic carbocycles. The van der Waals surface area contributed by atoms with Gasteiger partial charge in [0.2, 0.25) is 0 Å². The summed E-state index contributed by atoms with van der Waals surface area (Å²) in [6, 6.07) is 8.07. The van der Waals surface area contributed by atoms with Gasteiger partial charge >= 0.3 is 6.18 Å². The van der Waals surface area contributed by atoms with Crippen molar-refractivity contribution in [1.29, 1.82) is 0 Å². The van der Waals surface area contributed by atoms with Gasteiger partial charge < -0.3 is 5.32 Å². The van der Waals surface area contributed by atoms with Crippen LogP contribution in [0.2, 0.25) is 5.02 Å². The first-order chi connectivity index (χ1) is 8.95. The molecule has 2 rings (SSSR count). The molecule has 0 atom stereocenters. The Labute approximate surface area is 113 Å². The van der Waals surface area contributed by atoms with Crippen LogP contribution < -0.4 is 5.32 Å². The van der Waals surface area contributed by atoms with Crippen molar-refractivity contribution in [2.75, 3.05) is 11.9 Å². The van der Waals surface area contributed by atoms with E-state index in [0.717, 1.165) is 11.8 Å². The molecule has 0 spiro atoms. The van der Waals surface area contributed by atoms with E-state index in [2.05, 4.69) is 10.4 Å². The second kappa shape index (κ2) is 5.52. The number of nitrogens with zero attached hydrogens (tertiary/aromatic N) is 2. The van der Waals surface area contributed by atoms with Gasteiger partial charge in [-0.05, 0) is 24.3 Å². The van der Waals surface area contributed by atoms with Gasteiger partial charge in [0.05, 0.1) is 6.54 Å². The Bertz CT molecular complexity index is 551. The molecule has 0 fully saturated rings. The monoisotopic (exact) mass is 289 g/mol. The zero-order valence-corrected chi connectivity index (χ0v) is 10.5. The van der Waals surface area contributed by atoms with Gasteiger partial charge in [-0.15, -0.1) is 0 Å². The maximum absolute atomic E-state index is 12.3. The molecular formula is C12H11ClF3N3. The van der Waals surface area contributed by atoms with Crippen LogP contribution in [-0.4, -0.2) is 16.3 Å². The van der Waals surface area contributed by atoms with E-state index in [4.69, 9.17) is 11.6 Å². The molecule has 0 amide bonds. The lowest BCUT2D eigenvalue weighted by molar-refractivity contribution is -0.141. The minimum atomic E-state index is -4.40. The largest absolute Gasteiger partial charge is 0.435 e. The lowest BCUT2D eigenvalue weighted by atomic mass is 10.3. The summed E-state index contributed by atoms with van der Waals surface area (Å²) >= 11 is 5.81. The van der Waals surface area contributed by atoms with E-state index in [1.165, 1.54) is 10.9 Å². The minimum Gasteiger partial charge on any atom is -0.383 e. The molecule has 0 saturated heterocycles. The van der Waals surface area contributed by atoms with Gasteiger partial charge in [-0.2, -0.15) is 18.3 Å². The van der Waals surface area contributed by atoms with Crippen LogP contribution in [0.3, 0.4) is 0 Å². The van der Waals surface area contributed by atoms with Crippen LogP contribution in [0.4, 0.5) is 18.9 Å². The molecule has 19 heavy (non-hydrogen) atoms. The highest BCUT2D eigenvalue weighted by atomic mass is 35.5. The zero-order valence-electron chi connectivity index (χ0n) is 9.78. The van der Waals surface area contributed by atoms with E-state index in [-0.39, 0.29) is 0 Å². The average molecular weight is 290 g/mol. The van der Waals surface area contributed by atoms with Crippen molar-refractivity contribution in [3.05, 3.63) is 47.2 Å². The van der Waals surface area contributed by atoms with Crippen molar-refractivity contribution < 1.29 is 13.2 Å². The number of nitrogens with one attached hydrogen (secondary N) is 1. The number of hydrogen-bond donors (Lipinski definition) is 1. The average Bonchev–Trinajstić information content (AvgIpc) is 2.77. The van der Waals surface area contributed by atoms with Gasteiger partial charge in [0.15, 0.2) is 5.69 Å². The fourth-order valence-electron chi connectivity index (χ4n) is 1.55. The molecule has 2 aromatic rings. The molecule has 0 aliphatic rings. The van der Waals surface area contributed by atoms with E-state index >= 15 is 0 Å². The summed E-state index contributed by atoms with van der Waals surface area (Å²) < 4.78 is 38.2.